The van der Waals surface area contributed by atoms with Crippen LogP contribution in [0.15, 0.2) is 0 Å². The average molecular weight is 258 g/mol. The van der Waals surface area contributed by atoms with Crippen molar-refractivity contribution in [1.82, 2.24) is 0 Å². The molecule has 1 fully saturated rings. The van der Waals surface area contributed by atoms with Crippen LogP contribution < -0.4 is 0 Å². The van der Waals surface area contributed by atoms with Crippen molar-refractivity contribution in [3.05, 3.63) is 0 Å². The van der Waals surface area contributed by atoms with E-state index in [1.807, 2.05) is 0 Å². The molecule has 3 nitrogen and oxygen atoms in total. The molecule has 0 N–H and O–H groups in total. The zero-order chi connectivity index (χ0) is 12.9. The molecule has 17 heavy (non-hydrogen) atoms. The second-order valence-electron chi connectivity index (χ2n) is 4.96. The summed E-state index contributed by atoms with van der Waals surface area (Å²) in [5.41, 5.74) is 0. The first-order chi connectivity index (χ1) is 8.12. The highest BCUT2D eigenvalue weighted by Crippen LogP contribution is 2.34. The minimum atomic E-state index is -1.59. The fraction of sp³-hybridized carbons (Fsp3) is 0.923. The molecule has 0 aromatic rings. The van der Waals surface area contributed by atoms with Crippen LogP contribution in [0.4, 0.5) is 0 Å². The molecular formula is C13H26O3Si. The fourth-order valence-electron chi connectivity index (χ4n) is 2.81. The number of rotatable bonds is 6. The molecule has 0 aliphatic heterocycles. The summed E-state index contributed by atoms with van der Waals surface area (Å²) in [6.07, 6.45) is 3.16. The molecule has 0 saturated heterocycles. The van der Waals surface area contributed by atoms with Gasteiger partial charge in [-0.3, -0.25) is 4.79 Å². The van der Waals surface area contributed by atoms with E-state index in [1.54, 1.807) is 0 Å². The molecular weight excluding hydrogens is 232 g/mol. The Morgan fingerprint density at radius 2 is 1.76 bits per heavy atom. The van der Waals surface area contributed by atoms with Crippen LogP contribution in [-0.4, -0.2) is 27.5 Å². The maximum absolute atomic E-state index is 11.7. The standard InChI is InChI=1S/C13H26O3Si/c1-5-17(6-2,7-3)16-12-10-8-9-11(12)13(14)15-4/h11-12H,5-10H2,1-4H3/t11-,12+/m1/s1. The van der Waals surface area contributed by atoms with Crippen molar-refractivity contribution in [1.29, 1.82) is 0 Å². The molecule has 0 amide bonds. The molecule has 1 rings (SSSR count). The quantitative estimate of drug-likeness (QED) is 0.541. The number of ether oxygens (including phenoxy) is 1. The molecule has 0 aromatic heterocycles. The Kier molecular flexibility index (Phi) is 5.66. The first-order valence-electron chi connectivity index (χ1n) is 6.88. The van der Waals surface area contributed by atoms with Gasteiger partial charge in [0.05, 0.1) is 19.1 Å². The van der Waals surface area contributed by atoms with Gasteiger partial charge in [-0.15, -0.1) is 0 Å². The third kappa shape index (κ3) is 3.32. The minimum absolute atomic E-state index is 0.0171. The Bertz CT molecular complexity index is 243. The second kappa shape index (κ2) is 6.54. The first kappa shape index (κ1) is 14.7. The Balaban J connectivity index is 2.68. The van der Waals surface area contributed by atoms with E-state index in [0.717, 1.165) is 37.4 Å². The Morgan fingerprint density at radius 3 is 2.24 bits per heavy atom. The van der Waals surface area contributed by atoms with Gasteiger partial charge in [-0.1, -0.05) is 20.8 Å². The molecule has 2 atom stereocenters. The number of carbonyl (C=O) groups is 1. The lowest BCUT2D eigenvalue weighted by molar-refractivity contribution is -0.147. The average Bonchev–Trinajstić information content (AvgIpc) is 2.83. The van der Waals surface area contributed by atoms with Gasteiger partial charge in [-0.25, -0.2) is 0 Å². The van der Waals surface area contributed by atoms with Crippen LogP contribution in [0, 0.1) is 5.92 Å². The van der Waals surface area contributed by atoms with Gasteiger partial charge in [0, 0.05) is 0 Å². The minimum Gasteiger partial charge on any atom is -0.469 e. The topological polar surface area (TPSA) is 35.5 Å². The molecule has 100 valence electrons. The highest BCUT2D eigenvalue weighted by Gasteiger charge is 2.40. The molecule has 0 aromatic carbocycles. The SMILES string of the molecule is CC[Si](CC)(CC)O[C@H]1CCC[C@H]1C(=O)OC. The number of carbonyl (C=O) groups excluding carboxylic acids is 1. The second-order valence-corrected chi connectivity index (χ2v) is 9.68. The zero-order valence-corrected chi connectivity index (χ0v) is 12.6. The maximum Gasteiger partial charge on any atom is 0.311 e. The van der Waals surface area contributed by atoms with E-state index in [0.29, 0.717) is 0 Å². The predicted octanol–water partition coefficient (Wildman–Crippen LogP) is 3.35. The van der Waals surface area contributed by atoms with Crippen molar-refractivity contribution in [2.45, 2.75) is 64.3 Å². The molecule has 0 unspecified atom stereocenters. The number of hydrogen-bond acceptors (Lipinski definition) is 3. The smallest absolute Gasteiger partial charge is 0.311 e. The first-order valence-corrected chi connectivity index (χ1v) is 9.41. The molecule has 0 heterocycles. The summed E-state index contributed by atoms with van der Waals surface area (Å²) < 4.78 is 11.3. The van der Waals surface area contributed by atoms with Gasteiger partial charge in [0.15, 0.2) is 8.32 Å². The van der Waals surface area contributed by atoms with Crippen molar-refractivity contribution >= 4 is 14.3 Å². The molecule has 0 spiro atoms. The molecule has 0 radical (unpaired) electrons. The molecule has 0 bridgehead atoms. The zero-order valence-electron chi connectivity index (χ0n) is 11.6. The predicted molar refractivity (Wildman–Crippen MR) is 71.4 cm³/mol. The summed E-state index contributed by atoms with van der Waals surface area (Å²) in [6, 6.07) is 3.43. The van der Waals surface area contributed by atoms with Crippen LogP contribution in [0.25, 0.3) is 0 Å². The third-order valence-corrected chi connectivity index (χ3v) is 8.96. The van der Waals surface area contributed by atoms with Crippen molar-refractivity contribution in [3.8, 4) is 0 Å². The third-order valence-electron chi connectivity index (χ3n) is 4.29. The summed E-state index contributed by atoms with van der Waals surface area (Å²) in [5.74, 6) is -0.102. The van der Waals surface area contributed by atoms with Gasteiger partial charge in [-0.2, -0.15) is 0 Å². The van der Waals surface area contributed by atoms with Crippen molar-refractivity contribution in [3.63, 3.8) is 0 Å². The highest BCUT2D eigenvalue weighted by molar-refractivity contribution is 6.73. The van der Waals surface area contributed by atoms with Crippen LogP contribution in [0.5, 0.6) is 0 Å². The highest BCUT2D eigenvalue weighted by atomic mass is 28.4. The Hall–Kier alpha value is -0.353. The van der Waals surface area contributed by atoms with Gasteiger partial charge in [0.2, 0.25) is 0 Å². The van der Waals surface area contributed by atoms with E-state index < -0.39 is 8.32 Å². The Labute approximate surface area is 106 Å². The summed E-state index contributed by atoms with van der Waals surface area (Å²) in [5, 5.41) is 0. The summed E-state index contributed by atoms with van der Waals surface area (Å²) in [4.78, 5) is 11.7. The summed E-state index contributed by atoms with van der Waals surface area (Å²) in [7, 11) is -0.117. The largest absolute Gasteiger partial charge is 0.469 e. The van der Waals surface area contributed by atoms with E-state index >= 15 is 0 Å². The van der Waals surface area contributed by atoms with E-state index in [-0.39, 0.29) is 18.0 Å². The molecule has 1 saturated carbocycles. The van der Waals surface area contributed by atoms with E-state index in [4.69, 9.17) is 9.16 Å². The normalized spacial score (nSPS) is 24.9. The van der Waals surface area contributed by atoms with Gasteiger partial charge in [-0.05, 0) is 37.4 Å². The number of hydrogen-bond donors (Lipinski definition) is 0. The van der Waals surface area contributed by atoms with E-state index in [9.17, 15) is 4.79 Å². The molecule has 1 aliphatic carbocycles. The van der Waals surface area contributed by atoms with E-state index in [2.05, 4.69) is 20.8 Å². The van der Waals surface area contributed by atoms with Gasteiger partial charge >= 0.3 is 5.97 Å². The number of methoxy groups -OCH3 is 1. The van der Waals surface area contributed by atoms with Crippen LogP contribution in [0.2, 0.25) is 18.1 Å². The fourth-order valence-corrected chi connectivity index (χ4v) is 5.73. The van der Waals surface area contributed by atoms with Crippen LogP contribution in [-0.2, 0) is 14.0 Å². The summed E-state index contributed by atoms with van der Waals surface area (Å²) >= 11 is 0. The van der Waals surface area contributed by atoms with Crippen LogP contribution >= 0.6 is 0 Å². The van der Waals surface area contributed by atoms with Gasteiger partial charge in [0.25, 0.3) is 0 Å². The lowest BCUT2D eigenvalue weighted by Gasteiger charge is -2.33. The van der Waals surface area contributed by atoms with Crippen molar-refractivity contribution < 1.29 is 14.0 Å². The van der Waals surface area contributed by atoms with Crippen LogP contribution in [0.1, 0.15) is 40.0 Å². The monoisotopic (exact) mass is 258 g/mol. The molecule has 1 aliphatic rings. The van der Waals surface area contributed by atoms with Crippen LogP contribution in [0.3, 0.4) is 0 Å². The number of esters is 1. The Morgan fingerprint density at radius 1 is 1.18 bits per heavy atom. The lowest BCUT2D eigenvalue weighted by atomic mass is 10.1. The maximum atomic E-state index is 11.7. The van der Waals surface area contributed by atoms with Gasteiger partial charge in [0.1, 0.15) is 0 Å². The molecule has 4 heteroatoms. The van der Waals surface area contributed by atoms with Crippen molar-refractivity contribution in [2.75, 3.05) is 7.11 Å². The summed E-state index contributed by atoms with van der Waals surface area (Å²) in [6.45, 7) is 6.67. The van der Waals surface area contributed by atoms with Crippen molar-refractivity contribution in [2.24, 2.45) is 5.92 Å². The van der Waals surface area contributed by atoms with Gasteiger partial charge < -0.3 is 9.16 Å². The lowest BCUT2D eigenvalue weighted by Crippen LogP contribution is -2.42. The van der Waals surface area contributed by atoms with E-state index in [1.165, 1.54) is 7.11 Å².